The molecule has 3 atom stereocenters. The predicted octanol–water partition coefficient (Wildman–Crippen LogP) is 6.20. The number of likely N-dealkylation sites (tertiary alicyclic amines) is 1. The molecular weight excluding hydrogens is 562 g/mol. The maximum atomic E-state index is 13.7. The quantitative estimate of drug-likeness (QED) is 0.243. The number of aromatic hydroxyl groups is 1. The van der Waals surface area contributed by atoms with Crippen LogP contribution in [-0.4, -0.2) is 55.8 Å². The molecule has 8 nitrogen and oxygen atoms in total. The van der Waals surface area contributed by atoms with E-state index >= 15 is 0 Å². The minimum absolute atomic E-state index is 0.000219. The Kier molecular flexibility index (Phi) is 6.04. The fourth-order valence-corrected chi connectivity index (χ4v) is 7.51. The number of phenols is 1. The molecule has 9 heteroatoms. The molecule has 43 heavy (non-hydrogen) atoms. The van der Waals surface area contributed by atoms with Crippen molar-refractivity contribution < 1.29 is 14.6 Å². The SMILES string of the molecule is COc1cc(C(=O)N2CC3CCC2[C@@H]3N)cc2nc(-c3cc4ccc(-c5ccc(O)c(Cl)c5)cc4n3CC3CC3)n(C)c12. The van der Waals surface area contributed by atoms with Gasteiger partial charge in [-0.2, -0.15) is 0 Å². The van der Waals surface area contributed by atoms with E-state index in [9.17, 15) is 9.90 Å². The second kappa shape index (κ2) is 9.76. The van der Waals surface area contributed by atoms with E-state index in [4.69, 9.17) is 27.1 Å². The number of phenolic OH excluding ortho intramolecular Hbond substituents is 1. The molecule has 1 amide bonds. The number of nitrogens with two attached hydrogens (primary N) is 1. The number of amides is 1. The molecule has 3 N–H and O–H groups in total. The summed E-state index contributed by atoms with van der Waals surface area (Å²) in [6.45, 7) is 1.62. The normalized spacial score (nSPS) is 21.4. The lowest BCUT2D eigenvalue weighted by atomic mass is 10.0. The predicted molar refractivity (Wildman–Crippen MR) is 169 cm³/mol. The summed E-state index contributed by atoms with van der Waals surface area (Å²) in [5.74, 6) is 2.56. The number of hydrogen-bond acceptors (Lipinski definition) is 5. The zero-order valence-corrected chi connectivity index (χ0v) is 25.0. The molecule has 8 rings (SSSR count). The Labute approximate surface area is 254 Å². The van der Waals surface area contributed by atoms with E-state index in [-0.39, 0.29) is 23.7 Å². The number of benzene rings is 3. The highest BCUT2D eigenvalue weighted by molar-refractivity contribution is 6.32. The lowest BCUT2D eigenvalue weighted by molar-refractivity contribution is 0.0700. The van der Waals surface area contributed by atoms with Crippen LogP contribution < -0.4 is 10.5 Å². The van der Waals surface area contributed by atoms with E-state index in [0.717, 1.165) is 70.5 Å². The van der Waals surface area contributed by atoms with Gasteiger partial charge in [0, 0.05) is 48.7 Å². The first-order valence-electron chi connectivity index (χ1n) is 15.0. The lowest BCUT2D eigenvalue weighted by Crippen LogP contribution is -2.41. The second-order valence-corrected chi connectivity index (χ2v) is 12.9. The van der Waals surface area contributed by atoms with Crippen molar-refractivity contribution in [3.05, 3.63) is 65.2 Å². The number of rotatable bonds is 6. The fourth-order valence-electron chi connectivity index (χ4n) is 7.33. The molecule has 5 aromatic rings. The highest BCUT2D eigenvalue weighted by Gasteiger charge is 2.47. The molecule has 1 saturated heterocycles. The summed E-state index contributed by atoms with van der Waals surface area (Å²) < 4.78 is 10.3. The van der Waals surface area contributed by atoms with Crippen molar-refractivity contribution in [1.29, 1.82) is 0 Å². The zero-order chi connectivity index (χ0) is 29.6. The van der Waals surface area contributed by atoms with Gasteiger partial charge in [-0.25, -0.2) is 4.98 Å². The topological polar surface area (TPSA) is 98.5 Å². The van der Waals surface area contributed by atoms with Gasteiger partial charge in [0.05, 0.1) is 23.3 Å². The average molecular weight is 596 g/mol. The maximum absolute atomic E-state index is 13.7. The number of carbonyl (C=O) groups excluding carboxylic acids is 1. The van der Waals surface area contributed by atoms with Crippen LogP contribution in [0.4, 0.5) is 0 Å². The lowest BCUT2D eigenvalue weighted by Gasteiger charge is -2.27. The third-order valence-electron chi connectivity index (χ3n) is 9.87. The number of imidazole rings is 1. The number of ether oxygens (including phenoxy) is 1. The first kappa shape index (κ1) is 26.6. The summed E-state index contributed by atoms with van der Waals surface area (Å²) in [6, 6.07) is 17.9. The number of methoxy groups -OCH3 is 1. The van der Waals surface area contributed by atoms with Crippen molar-refractivity contribution in [2.45, 2.75) is 44.3 Å². The summed E-state index contributed by atoms with van der Waals surface area (Å²) in [4.78, 5) is 20.8. The van der Waals surface area contributed by atoms with E-state index in [1.54, 1.807) is 19.2 Å². The summed E-state index contributed by atoms with van der Waals surface area (Å²) in [7, 11) is 3.65. The van der Waals surface area contributed by atoms with Crippen LogP contribution in [-0.2, 0) is 13.6 Å². The maximum Gasteiger partial charge on any atom is 0.254 e. The second-order valence-electron chi connectivity index (χ2n) is 12.5. The van der Waals surface area contributed by atoms with Gasteiger partial charge in [0.2, 0.25) is 0 Å². The Bertz CT molecular complexity index is 1940. The number of piperidine rings is 1. The van der Waals surface area contributed by atoms with Crippen molar-refractivity contribution in [3.8, 4) is 34.1 Å². The molecule has 3 fully saturated rings. The Morgan fingerprint density at radius 3 is 2.56 bits per heavy atom. The number of fused-ring (bicyclic) bond motifs is 4. The van der Waals surface area contributed by atoms with Gasteiger partial charge in [-0.1, -0.05) is 29.8 Å². The first-order valence-corrected chi connectivity index (χ1v) is 15.4. The molecule has 3 aromatic carbocycles. The van der Waals surface area contributed by atoms with E-state index in [2.05, 4.69) is 33.4 Å². The summed E-state index contributed by atoms with van der Waals surface area (Å²) in [6.07, 6.45) is 4.50. The van der Waals surface area contributed by atoms with Gasteiger partial charge in [-0.05, 0) is 85.0 Å². The van der Waals surface area contributed by atoms with E-state index in [1.807, 2.05) is 30.1 Å². The van der Waals surface area contributed by atoms with Gasteiger partial charge in [0.25, 0.3) is 5.91 Å². The highest BCUT2D eigenvalue weighted by Crippen LogP contribution is 2.41. The molecule has 3 aliphatic rings. The van der Waals surface area contributed by atoms with E-state index in [0.29, 0.717) is 28.2 Å². The Balaban J connectivity index is 1.24. The molecule has 3 heterocycles. The van der Waals surface area contributed by atoms with Crippen molar-refractivity contribution >= 4 is 39.4 Å². The van der Waals surface area contributed by atoms with Crippen LogP contribution in [0.2, 0.25) is 5.02 Å². The van der Waals surface area contributed by atoms with Crippen molar-refractivity contribution in [1.82, 2.24) is 19.0 Å². The van der Waals surface area contributed by atoms with E-state index in [1.165, 1.54) is 12.8 Å². The number of aromatic nitrogens is 3. The summed E-state index contributed by atoms with van der Waals surface area (Å²) in [5.41, 5.74) is 12.7. The van der Waals surface area contributed by atoms with Crippen molar-refractivity contribution in [2.24, 2.45) is 24.6 Å². The van der Waals surface area contributed by atoms with Gasteiger partial charge in [-0.3, -0.25) is 4.79 Å². The third kappa shape index (κ3) is 4.22. The van der Waals surface area contributed by atoms with Gasteiger partial charge in [0.15, 0.2) is 5.82 Å². The van der Waals surface area contributed by atoms with Gasteiger partial charge in [0.1, 0.15) is 17.0 Å². The Morgan fingerprint density at radius 2 is 1.86 bits per heavy atom. The molecule has 1 aliphatic heterocycles. The summed E-state index contributed by atoms with van der Waals surface area (Å²) in [5, 5.41) is 11.4. The van der Waals surface area contributed by atoms with Crippen LogP contribution in [0.15, 0.2) is 54.6 Å². The number of halogens is 1. The molecule has 2 bridgehead atoms. The number of carbonyl (C=O) groups is 1. The van der Waals surface area contributed by atoms with Gasteiger partial charge < -0.3 is 29.6 Å². The average Bonchev–Trinajstić information content (AvgIpc) is 3.42. The zero-order valence-electron chi connectivity index (χ0n) is 24.3. The van der Waals surface area contributed by atoms with Crippen LogP contribution >= 0.6 is 11.6 Å². The molecular formula is C34H34ClN5O3. The number of aryl methyl sites for hydroxylation is 1. The fraction of sp³-hybridized carbons (Fsp3) is 0.353. The smallest absolute Gasteiger partial charge is 0.254 e. The first-order chi connectivity index (χ1) is 20.8. The molecule has 0 spiro atoms. The highest BCUT2D eigenvalue weighted by atomic mass is 35.5. The molecule has 0 radical (unpaired) electrons. The molecule has 2 aromatic heterocycles. The van der Waals surface area contributed by atoms with Gasteiger partial charge in [-0.15, -0.1) is 0 Å². The van der Waals surface area contributed by atoms with Crippen molar-refractivity contribution in [3.63, 3.8) is 0 Å². The molecule has 2 saturated carbocycles. The van der Waals surface area contributed by atoms with Crippen LogP contribution in [0.1, 0.15) is 36.0 Å². The van der Waals surface area contributed by atoms with Crippen LogP contribution in [0, 0.1) is 11.8 Å². The monoisotopic (exact) mass is 595 g/mol. The third-order valence-corrected chi connectivity index (χ3v) is 10.2. The van der Waals surface area contributed by atoms with Gasteiger partial charge >= 0.3 is 0 Å². The largest absolute Gasteiger partial charge is 0.506 e. The molecule has 2 aliphatic carbocycles. The number of hydrogen-bond donors (Lipinski definition) is 2. The number of nitrogens with zero attached hydrogens (tertiary/aromatic N) is 4. The molecule has 220 valence electrons. The Morgan fingerprint density at radius 1 is 1.07 bits per heavy atom. The van der Waals surface area contributed by atoms with Crippen LogP contribution in [0.5, 0.6) is 11.5 Å². The molecule has 2 unspecified atom stereocenters. The minimum atomic E-state index is -0.000219. The van der Waals surface area contributed by atoms with Crippen LogP contribution in [0.3, 0.4) is 0 Å². The minimum Gasteiger partial charge on any atom is -0.506 e. The Hall–Kier alpha value is -4.01. The summed E-state index contributed by atoms with van der Waals surface area (Å²) >= 11 is 6.24. The van der Waals surface area contributed by atoms with E-state index < -0.39 is 0 Å². The van der Waals surface area contributed by atoms with Crippen molar-refractivity contribution in [2.75, 3.05) is 13.7 Å². The standard InChI is InChI=1S/C34H34ClN5O3/c1-38-32-25(12-23(15-30(32)43-2)34(42)40-17-22-7-9-26(40)31(22)36)37-33(38)28-14-21-6-5-20(19-8-10-29(41)24(35)11-19)13-27(21)39(28)16-18-3-4-18/h5-6,8,10-15,18,22,26,31,41H,3-4,7,9,16-17,36H2,1-2H3/t22?,26?,31-/m1/s1. The van der Waals surface area contributed by atoms with Crippen LogP contribution in [0.25, 0.3) is 44.6 Å².